The van der Waals surface area contributed by atoms with Crippen LogP contribution in [0.15, 0.2) is 6.20 Å². The molecule has 2 N–H and O–H groups in total. The number of ether oxygens (including phenoxy) is 1. The number of nitrogens with two attached hydrogens (primary N) is 1. The lowest BCUT2D eigenvalue weighted by atomic mass is 10.1. The van der Waals surface area contributed by atoms with Crippen molar-refractivity contribution < 1.29 is 4.74 Å². The normalized spacial score (nSPS) is 20.4. The molecular formula is C10H15ClN4O. The number of halogens is 1. The molecule has 88 valence electrons. The smallest absolute Gasteiger partial charge is 0.224 e. The summed E-state index contributed by atoms with van der Waals surface area (Å²) in [5.41, 5.74) is 6.40. The molecule has 0 bridgehead atoms. The van der Waals surface area contributed by atoms with Crippen molar-refractivity contribution in [1.29, 1.82) is 0 Å². The number of rotatable bonds is 3. The monoisotopic (exact) mass is 242 g/mol. The Bertz CT molecular complexity index is 374. The minimum atomic E-state index is 0.236. The van der Waals surface area contributed by atoms with E-state index in [1.165, 1.54) is 0 Å². The van der Waals surface area contributed by atoms with Crippen molar-refractivity contribution in [2.24, 2.45) is 5.92 Å². The first-order valence-electron chi connectivity index (χ1n) is 5.22. The Morgan fingerprint density at radius 3 is 3.25 bits per heavy atom. The van der Waals surface area contributed by atoms with E-state index in [2.05, 4.69) is 14.9 Å². The van der Waals surface area contributed by atoms with Gasteiger partial charge >= 0.3 is 0 Å². The highest BCUT2D eigenvalue weighted by Crippen LogP contribution is 2.27. The average molecular weight is 243 g/mol. The van der Waals surface area contributed by atoms with Crippen LogP contribution in [0.25, 0.3) is 0 Å². The van der Waals surface area contributed by atoms with Crippen LogP contribution >= 0.6 is 11.6 Å². The highest BCUT2D eigenvalue weighted by molar-refractivity contribution is 6.28. The van der Waals surface area contributed by atoms with Crippen LogP contribution in [0.1, 0.15) is 6.42 Å². The van der Waals surface area contributed by atoms with E-state index in [-0.39, 0.29) is 5.28 Å². The summed E-state index contributed by atoms with van der Waals surface area (Å²) in [6.07, 6.45) is 2.64. The van der Waals surface area contributed by atoms with Crippen LogP contribution < -0.4 is 10.6 Å². The van der Waals surface area contributed by atoms with E-state index in [9.17, 15) is 0 Å². The van der Waals surface area contributed by atoms with Gasteiger partial charge in [0, 0.05) is 26.1 Å². The number of nitrogen functional groups attached to an aromatic ring is 1. The van der Waals surface area contributed by atoms with E-state index in [4.69, 9.17) is 22.1 Å². The molecule has 0 radical (unpaired) electrons. The fourth-order valence-electron chi connectivity index (χ4n) is 2.01. The van der Waals surface area contributed by atoms with Gasteiger partial charge in [-0.2, -0.15) is 4.98 Å². The maximum absolute atomic E-state index is 5.83. The van der Waals surface area contributed by atoms with Crippen molar-refractivity contribution in [3.05, 3.63) is 11.5 Å². The van der Waals surface area contributed by atoms with E-state index < -0.39 is 0 Å². The largest absolute Gasteiger partial charge is 0.394 e. The molecule has 1 fully saturated rings. The summed E-state index contributed by atoms with van der Waals surface area (Å²) in [6, 6.07) is 0. The summed E-state index contributed by atoms with van der Waals surface area (Å²) in [4.78, 5) is 10.1. The third-order valence-electron chi connectivity index (χ3n) is 2.75. The van der Waals surface area contributed by atoms with Gasteiger partial charge in [-0.1, -0.05) is 0 Å². The van der Waals surface area contributed by atoms with Crippen LogP contribution in [0.2, 0.25) is 5.28 Å². The number of aromatic nitrogens is 2. The molecule has 1 aliphatic heterocycles. The van der Waals surface area contributed by atoms with E-state index in [0.717, 1.165) is 31.9 Å². The summed E-state index contributed by atoms with van der Waals surface area (Å²) in [5.74, 6) is 1.27. The van der Waals surface area contributed by atoms with Crippen molar-refractivity contribution >= 4 is 23.1 Å². The predicted octanol–water partition coefficient (Wildman–Crippen LogP) is 1.18. The van der Waals surface area contributed by atoms with Crippen LogP contribution in [-0.2, 0) is 4.74 Å². The van der Waals surface area contributed by atoms with Gasteiger partial charge in [0.15, 0.2) is 5.82 Å². The molecule has 1 aliphatic rings. The Hall–Kier alpha value is -1.07. The van der Waals surface area contributed by atoms with Gasteiger partial charge in [-0.25, -0.2) is 4.98 Å². The molecule has 16 heavy (non-hydrogen) atoms. The Balaban J connectivity index is 2.11. The molecule has 0 spiro atoms. The molecule has 0 amide bonds. The Morgan fingerprint density at radius 2 is 2.50 bits per heavy atom. The number of methoxy groups -OCH3 is 1. The van der Waals surface area contributed by atoms with Gasteiger partial charge in [0.1, 0.15) is 0 Å². The van der Waals surface area contributed by atoms with E-state index >= 15 is 0 Å². The van der Waals surface area contributed by atoms with Gasteiger partial charge in [-0.05, 0) is 18.0 Å². The first-order chi connectivity index (χ1) is 7.70. The maximum Gasteiger partial charge on any atom is 0.224 e. The van der Waals surface area contributed by atoms with Gasteiger partial charge < -0.3 is 15.4 Å². The third kappa shape index (κ3) is 2.36. The van der Waals surface area contributed by atoms with Crippen molar-refractivity contribution in [3.63, 3.8) is 0 Å². The molecule has 0 aliphatic carbocycles. The predicted molar refractivity (Wildman–Crippen MR) is 63.7 cm³/mol. The zero-order valence-corrected chi connectivity index (χ0v) is 9.94. The van der Waals surface area contributed by atoms with E-state index in [0.29, 0.717) is 11.6 Å². The quantitative estimate of drug-likeness (QED) is 0.807. The van der Waals surface area contributed by atoms with E-state index in [1.807, 2.05) is 0 Å². The van der Waals surface area contributed by atoms with Crippen LogP contribution in [0.4, 0.5) is 11.5 Å². The maximum atomic E-state index is 5.83. The molecule has 1 aromatic heterocycles. The number of hydrogen-bond donors (Lipinski definition) is 1. The van der Waals surface area contributed by atoms with E-state index in [1.54, 1.807) is 13.3 Å². The van der Waals surface area contributed by atoms with Crippen molar-refractivity contribution in [2.75, 3.05) is 37.4 Å². The third-order valence-corrected chi connectivity index (χ3v) is 2.94. The lowest BCUT2D eigenvalue weighted by molar-refractivity contribution is 0.161. The minimum Gasteiger partial charge on any atom is -0.394 e. The molecule has 5 nitrogen and oxygen atoms in total. The Kier molecular flexibility index (Phi) is 3.46. The fraction of sp³-hybridized carbons (Fsp3) is 0.600. The zero-order valence-electron chi connectivity index (χ0n) is 9.19. The topological polar surface area (TPSA) is 64.3 Å². The first kappa shape index (κ1) is 11.4. The summed E-state index contributed by atoms with van der Waals surface area (Å²) < 4.78 is 5.15. The number of anilines is 2. The Morgan fingerprint density at radius 1 is 1.69 bits per heavy atom. The average Bonchev–Trinajstić information content (AvgIpc) is 2.71. The van der Waals surface area contributed by atoms with Gasteiger partial charge in [-0.15, -0.1) is 0 Å². The molecule has 1 aromatic rings. The number of nitrogens with zero attached hydrogens (tertiary/aromatic N) is 3. The summed E-state index contributed by atoms with van der Waals surface area (Å²) in [5, 5.41) is 0.236. The molecule has 1 saturated heterocycles. The lowest BCUT2D eigenvalue weighted by Gasteiger charge is -2.18. The summed E-state index contributed by atoms with van der Waals surface area (Å²) >= 11 is 5.76. The van der Waals surface area contributed by atoms with Crippen LogP contribution in [-0.4, -0.2) is 36.8 Å². The van der Waals surface area contributed by atoms with Gasteiger partial charge in [0.05, 0.1) is 18.5 Å². The van der Waals surface area contributed by atoms with Crippen LogP contribution in [0.3, 0.4) is 0 Å². The molecule has 0 aromatic carbocycles. The standard InChI is InChI=1S/C10H15ClN4O/c1-16-6-7-2-3-15(5-7)9-8(12)4-13-10(11)14-9/h4,7H,2-3,5-6,12H2,1H3. The minimum absolute atomic E-state index is 0.236. The van der Waals surface area contributed by atoms with Crippen molar-refractivity contribution in [2.45, 2.75) is 6.42 Å². The molecular weight excluding hydrogens is 228 g/mol. The number of hydrogen-bond acceptors (Lipinski definition) is 5. The van der Waals surface area contributed by atoms with Gasteiger partial charge in [0.2, 0.25) is 5.28 Å². The molecule has 2 heterocycles. The highest BCUT2D eigenvalue weighted by atomic mass is 35.5. The summed E-state index contributed by atoms with van der Waals surface area (Å²) in [7, 11) is 1.72. The fourth-order valence-corrected chi connectivity index (χ4v) is 2.14. The van der Waals surface area contributed by atoms with Crippen LogP contribution in [0.5, 0.6) is 0 Å². The zero-order chi connectivity index (χ0) is 11.5. The highest BCUT2D eigenvalue weighted by Gasteiger charge is 2.24. The molecule has 2 rings (SSSR count). The Labute approximate surface area is 99.6 Å². The SMILES string of the molecule is COCC1CCN(c2nc(Cl)ncc2N)C1. The molecule has 1 unspecified atom stereocenters. The van der Waals surface area contributed by atoms with Gasteiger partial charge in [0.25, 0.3) is 0 Å². The van der Waals surface area contributed by atoms with Crippen LogP contribution in [0, 0.1) is 5.92 Å². The second-order valence-corrected chi connectivity index (χ2v) is 4.31. The van der Waals surface area contributed by atoms with Gasteiger partial charge in [-0.3, -0.25) is 0 Å². The first-order valence-corrected chi connectivity index (χ1v) is 5.60. The van der Waals surface area contributed by atoms with Crippen molar-refractivity contribution in [1.82, 2.24) is 9.97 Å². The second kappa shape index (κ2) is 4.84. The van der Waals surface area contributed by atoms with Crippen molar-refractivity contribution in [3.8, 4) is 0 Å². The summed E-state index contributed by atoms with van der Waals surface area (Å²) in [6.45, 7) is 2.62. The molecule has 1 atom stereocenters. The lowest BCUT2D eigenvalue weighted by Crippen LogP contribution is -2.23. The second-order valence-electron chi connectivity index (χ2n) is 3.97. The molecule has 0 saturated carbocycles. The molecule has 6 heteroatoms.